The first-order valence-corrected chi connectivity index (χ1v) is 2.59. The molecule has 0 rings (SSSR count). The topological polar surface area (TPSA) is 0 Å². The predicted molar refractivity (Wildman–Crippen MR) is 34.2 cm³/mol. The van der Waals surface area contributed by atoms with E-state index in [1.54, 1.807) is 0 Å². The summed E-state index contributed by atoms with van der Waals surface area (Å²) in [5.74, 6) is 0. The standard InChI is InChI=1S/C7H12/c1-4-5-6-7(2)3/h5-6H,2,4H2,1,3H3/b6-5+. The van der Waals surface area contributed by atoms with Crippen molar-refractivity contribution in [3.63, 3.8) is 0 Å². The van der Waals surface area contributed by atoms with Crippen LogP contribution in [0.25, 0.3) is 0 Å². The van der Waals surface area contributed by atoms with E-state index < -0.39 is 0 Å². The predicted octanol–water partition coefficient (Wildman–Crippen LogP) is 2.53. The second-order valence-corrected chi connectivity index (χ2v) is 1.66. The molecular formula is C7H12. The smallest absolute Gasteiger partial charge is 0.0376 e. The third-order valence-electron chi connectivity index (χ3n) is 0.638. The quantitative estimate of drug-likeness (QED) is 0.463. The molecule has 0 bridgehead atoms. The van der Waals surface area contributed by atoms with E-state index in [4.69, 9.17) is 0 Å². The second-order valence-electron chi connectivity index (χ2n) is 1.66. The van der Waals surface area contributed by atoms with Crippen LogP contribution < -0.4 is 0 Å². The molecule has 0 saturated carbocycles. The Bertz CT molecular complexity index is 78.0. The van der Waals surface area contributed by atoms with Gasteiger partial charge in [0.2, 0.25) is 0 Å². The van der Waals surface area contributed by atoms with Gasteiger partial charge in [0.05, 0.1) is 0 Å². The average molecular weight is 96.2 g/mol. The van der Waals surface area contributed by atoms with Crippen molar-refractivity contribution in [2.45, 2.75) is 20.3 Å². The van der Waals surface area contributed by atoms with Crippen LogP contribution in [-0.2, 0) is 0 Å². The Morgan fingerprint density at radius 3 is 2.43 bits per heavy atom. The highest BCUT2D eigenvalue weighted by Crippen LogP contribution is 1.89. The molecule has 0 nitrogen and oxygen atoms in total. The summed E-state index contributed by atoms with van der Waals surface area (Å²) in [6, 6.07) is 0. The lowest BCUT2D eigenvalue weighted by Crippen LogP contribution is -1.58. The molecule has 0 unspecified atom stereocenters. The summed E-state index contributed by atoms with van der Waals surface area (Å²) in [4.78, 5) is 0. The molecule has 0 saturated heterocycles. The minimum atomic E-state index is 1.10. The third kappa shape index (κ3) is 5.48. The highest BCUT2D eigenvalue weighted by Gasteiger charge is 1.67. The lowest BCUT2D eigenvalue weighted by atomic mass is 10.3. The van der Waals surface area contributed by atoms with Crippen LogP contribution in [0, 0.1) is 0 Å². The largest absolute Gasteiger partial charge is 0.0961 e. The van der Waals surface area contributed by atoms with Crippen molar-refractivity contribution < 1.29 is 0 Å². The van der Waals surface area contributed by atoms with Gasteiger partial charge in [0, 0.05) is 0 Å². The minimum absolute atomic E-state index is 1.10. The molecule has 0 heterocycles. The zero-order valence-corrected chi connectivity index (χ0v) is 5.07. The van der Waals surface area contributed by atoms with E-state index in [0.29, 0.717) is 0 Å². The van der Waals surface area contributed by atoms with Crippen molar-refractivity contribution in [1.82, 2.24) is 0 Å². The highest BCUT2D eigenvalue weighted by atomic mass is 13.7. The van der Waals surface area contributed by atoms with Gasteiger partial charge in [-0.15, -0.1) is 0 Å². The minimum Gasteiger partial charge on any atom is -0.0961 e. The van der Waals surface area contributed by atoms with Crippen molar-refractivity contribution in [3.05, 3.63) is 24.3 Å². The zero-order chi connectivity index (χ0) is 5.70. The number of hydrogen-bond donors (Lipinski definition) is 0. The van der Waals surface area contributed by atoms with E-state index in [9.17, 15) is 0 Å². The summed E-state index contributed by atoms with van der Waals surface area (Å²) in [5.41, 5.74) is 1.13. The molecule has 0 N–H and O–H groups in total. The first kappa shape index (κ1) is 6.48. The Kier molecular flexibility index (Phi) is 3.39. The van der Waals surface area contributed by atoms with E-state index in [2.05, 4.69) is 19.6 Å². The fourth-order valence-electron chi connectivity index (χ4n) is 0.319. The molecule has 0 fully saturated rings. The molecule has 0 aliphatic carbocycles. The van der Waals surface area contributed by atoms with E-state index in [0.717, 1.165) is 12.0 Å². The molecule has 0 aliphatic heterocycles. The van der Waals surface area contributed by atoms with Crippen molar-refractivity contribution in [1.29, 1.82) is 0 Å². The Morgan fingerprint density at radius 1 is 1.71 bits per heavy atom. The first-order chi connectivity index (χ1) is 3.27. The molecule has 0 aliphatic rings. The Hall–Kier alpha value is -0.520. The maximum atomic E-state index is 3.71. The molecule has 7 heavy (non-hydrogen) atoms. The first-order valence-electron chi connectivity index (χ1n) is 2.59. The van der Waals surface area contributed by atoms with Crippen molar-refractivity contribution in [2.24, 2.45) is 0 Å². The summed E-state index contributed by atoms with van der Waals surface area (Å²) in [6.45, 7) is 7.81. The van der Waals surface area contributed by atoms with E-state index in [1.165, 1.54) is 0 Å². The van der Waals surface area contributed by atoms with Crippen LogP contribution in [-0.4, -0.2) is 0 Å². The normalized spacial score (nSPS) is 10.0. The third-order valence-corrected chi connectivity index (χ3v) is 0.638. The molecule has 0 radical (unpaired) electrons. The summed E-state index contributed by atoms with van der Waals surface area (Å²) < 4.78 is 0. The number of allylic oxidation sites excluding steroid dienone is 3. The van der Waals surface area contributed by atoms with Gasteiger partial charge < -0.3 is 0 Å². The van der Waals surface area contributed by atoms with Gasteiger partial charge in [-0.25, -0.2) is 0 Å². The van der Waals surface area contributed by atoms with Gasteiger partial charge in [0.1, 0.15) is 0 Å². The molecule has 0 amide bonds. The Morgan fingerprint density at radius 2 is 2.29 bits per heavy atom. The summed E-state index contributed by atoms with van der Waals surface area (Å²) in [7, 11) is 0. The zero-order valence-electron chi connectivity index (χ0n) is 5.07. The van der Waals surface area contributed by atoms with Gasteiger partial charge in [0.25, 0.3) is 0 Å². The maximum absolute atomic E-state index is 3.71. The molecule has 0 aromatic rings. The fourth-order valence-corrected chi connectivity index (χ4v) is 0.319. The second kappa shape index (κ2) is 3.66. The van der Waals surface area contributed by atoms with Crippen LogP contribution in [0.1, 0.15) is 20.3 Å². The van der Waals surface area contributed by atoms with Gasteiger partial charge in [0.15, 0.2) is 0 Å². The summed E-state index contributed by atoms with van der Waals surface area (Å²) in [6.07, 6.45) is 5.23. The highest BCUT2D eigenvalue weighted by molar-refractivity contribution is 5.10. The van der Waals surface area contributed by atoms with Crippen LogP contribution in [0.5, 0.6) is 0 Å². The summed E-state index contributed by atoms with van der Waals surface area (Å²) >= 11 is 0. The molecule has 0 aromatic carbocycles. The van der Waals surface area contributed by atoms with Crippen molar-refractivity contribution in [2.75, 3.05) is 0 Å². The molecule has 0 spiro atoms. The monoisotopic (exact) mass is 96.1 g/mol. The van der Waals surface area contributed by atoms with Crippen LogP contribution in [0.15, 0.2) is 24.3 Å². The molecule has 0 aromatic heterocycles. The van der Waals surface area contributed by atoms with Crippen LogP contribution in [0.2, 0.25) is 0 Å². The Labute approximate surface area is 45.5 Å². The molecule has 0 heteroatoms. The van der Waals surface area contributed by atoms with Gasteiger partial charge in [-0.2, -0.15) is 0 Å². The van der Waals surface area contributed by atoms with E-state index in [-0.39, 0.29) is 0 Å². The molecule has 0 atom stereocenters. The van der Waals surface area contributed by atoms with Crippen LogP contribution in [0.4, 0.5) is 0 Å². The van der Waals surface area contributed by atoms with Gasteiger partial charge in [-0.3, -0.25) is 0 Å². The van der Waals surface area contributed by atoms with Gasteiger partial charge >= 0.3 is 0 Å². The number of hydrogen-bond acceptors (Lipinski definition) is 0. The van der Waals surface area contributed by atoms with Gasteiger partial charge in [-0.1, -0.05) is 31.2 Å². The van der Waals surface area contributed by atoms with Crippen LogP contribution >= 0.6 is 0 Å². The maximum Gasteiger partial charge on any atom is -0.0376 e. The van der Waals surface area contributed by atoms with E-state index >= 15 is 0 Å². The van der Waals surface area contributed by atoms with Crippen LogP contribution in [0.3, 0.4) is 0 Å². The Balaban J connectivity index is 3.26. The molecule has 40 valence electrons. The molecular weight excluding hydrogens is 84.1 g/mol. The van der Waals surface area contributed by atoms with Crippen molar-refractivity contribution >= 4 is 0 Å². The van der Waals surface area contributed by atoms with E-state index in [1.807, 2.05) is 13.0 Å². The van der Waals surface area contributed by atoms with Gasteiger partial charge in [-0.05, 0) is 13.3 Å². The number of rotatable bonds is 2. The average Bonchev–Trinajstić information content (AvgIpc) is 1.61. The lowest BCUT2D eigenvalue weighted by Gasteiger charge is -1.79. The summed E-state index contributed by atoms with van der Waals surface area (Å²) in [5, 5.41) is 0. The lowest BCUT2D eigenvalue weighted by molar-refractivity contribution is 1.22. The SMILES string of the molecule is C=C(C)/C=C/CC. The fraction of sp³-hybridized carbons (Fsp3) is 0.429. The van der Waals surface area contributed by atoms with Crippen molar-refractivity contribution in [3.8, 4) is 0 Å².